The third kappa shape index (κ3) is 4.20. The number of hydrogen-bond donors (Lipinski definition) is 2. The van der Waals surface area contributed by atoms with Crippen LogP contribution in [-0.2, 0) is 22.5 Å². The third-order valence-corrected chi connectivity index (χ3v) is 3.71. The van der Waals surface area contributed by atoms with Crippen molar-refractivity contribution in [1.29, 1.82) is 0 Å². The summed E-state index contributed by atoms with van der Waals surface area (Å²) >= 11 is 0. The van der Waals surface area contributed by atoms with Crippen molar-refractivity contribution in [3.8, 4) is 0 Å². The number of aliphatic carboxylic acids is 1. The van der Waals surface area contributed by atoms with Gasteiger partial charge in [0.1, 0.15) is 0 Å². The van der Waals surface area contributed by atoms with Gasteiger partial charge >= 0.3 is 5.97 Å². The van der Waals surface area contributed by atoms with Gasteiger partial charge in [-0.15, -0.1) is 0 Å². The number of nitrogens with one attached hydrogen (secondary N) is 1. The molecule has 0 aliphatic heterocycles. The van der Waals surface area contributed by atoms with Gasteiger partial charge in [0.25, 0.3) is 5.91 Å². The number of hydrogen-bond acceptors (Lipinski definition) is 4. The first kappa shape index (κ1) is 17.7. The molecule has 1 heterocycles. The van der Waals surface area contributed by atoms with Crippen LogP contribution in [0.3, 0.4) is 0 Å². The maximum Gasteiger partial charge on any atom is 0.334 e. The summed E-state index contributed by atoms with van der Waals surface area (Å²) in [5.74, 6) is -1.47. The van der Waals surface area contributed by atoms with Crippen LogP contribution < -0.4 is 5.32 Å². The van der Waals surface area contributed by atoms with Crippen LogP contribution in [0.2, 0.25) is 0 Å². The van der Waals surface area contributed by atoms with Crippen molar-refractivity contribution in [2.45, 2.75) is 26.0 Å². The van der Waals surface area contributed by atoms with Crippen LogP contribution in [0.15, 0.2) is 36.5 Å². The molecule has 0 aliphatic rings. The van der Waals surface area contributed by atoms with E-state index in [1.807, 2.05) is 37.3 Å². The van der Waals surface area contributed by atoms with Gasteiger partial charge in [0.15, 0.2) is 6.10 Å². The van der Waals surface area contributed by atoms with Gasteiger partial charge in [-0.1, -0.05) is 37.3 Å². The molecule has 2 rings (SSSR count). The maximum absolute atomic E-state index is 12.3. The molecule has 1 amide bonds. The number of carbonyl (C=O) groups excluding carboxylic acids is 1. The van der Waals surface area contributed by atoms with E-state index in [0.29, 0.717) is 18.5 Å². The van der Waals surface area contributed by atoms with Crippen LogP contribution in [0.25, 0.3) is 0 Å². The molecule has 0 saturated heterocycles. The minimum absolute atomic E-state index is 0.0995. The van der Waals surface area contributed by atoms with E-state index < -0.39 is 12.1 Å². The molecule has 1 aromatic heterocycles. The van der Waals surface area contributed by atoms with Crippen LogP contribution in [0.4, 0.5) is 0 Å². The molecule has 7 heteroatoms. The van der Waals surface area contributed by atoms with E-state index >= 15 is 0 Å². The Kier molecular flexibility index (Phi) is 6.08. The SMILES string of the molecule is CCc1c(C(=O)NCC(OC)C(=O)O)cnn1Cc1ccccc1. The molecule has 2 N–H and O–H groups in total. The molecule has 0 spiro atoms. The lowest BCUT2D eigenvalue weighted by Gasteiger charge is -2.12. The number of aromatic nitrogens is 2. The van der Waals surface area contributed by atoms with Crippen LogP contribution >= 0.6 is 0 Å². The summed E-state index contributed by atoms with van der Waals surface area (Å²) in [4.78, 5) is 23.2. The van der Waals surface area contributed by atoms with E-state index in [1.165, 1.54) is 13.3 Å². The van der Waals surface area contributed by atoms with Gasteiger partial charge in [0, 0.05) is 7.11 Å². The topological polar surface area (TPSA) is 93.4 Å². The second kappa shape index (κ2) is 8.26. The number of amides is 1. The second-order valence-electron chi connectivity index (χ2n) is 5.27. The Labute approximate surface area is 140 Å². The molecule has 0 bridgehead atoms. The molecule has 0 saturated carbocycles. The fourth-order valence-corrected chi connectivity index (χ4v) is 2.42. The van der Waals surface area contributed by atoms with Crippen molar-refractivity contribution in [2.24, 2.45) is 0 Å². The van der Waals surface area contributed by atoms with Crippen molar-refractivity contribution in [3.05, 3.63) is 53.3 Å². The number of ether oxygens (including phenoxy) is 1. The molecular weight excluding hydrogens is 310 g/mol. The van der Waals surface area contributed by atoms with Crippen LogP contribution in [0, 0.1) is 0 Å². The minimum atomic E-state index is -1.12. The largest absolute Gasteiger partial charge is 0.479 e. The van der Waals surface area contributed by atoms with Gasteiger partial charge < -0.3 is 15.2 Å². The number of carboxylic acids is 1. The van der Waals surface area contributed by atoms with E-state index in [4.69, 9.17) is 9.84 Å². The Morgan fingerprint density at radius 1 is 1.33 bits per heavy atom. The van der Waals surface area contributed by atoms with E-state index in [-0.39, 0.29) is 12.5 Å². The number of rotatable bonds is 8. The fraction of sp³-hybridized carbons (Fsp3) is 0.353. The van der Waals surface area contributed by atoms with Gasteiger partial charge in [0.2, 0.25) is 0 Å². The van der Waals surface area contributed by atoms with E-state index in [1.54, 1.807) is 4.68 Å². The smallest absolute Gasteiger partial charge is 0.334 e. The third-order valence-electron chi connectivity index (χ3n) is 3.71. The molecule has 2 aromatic rings. The van der Waals surface area contributed by atoms with Crippen molar-refractivity contribution in [3.63, 3.8) is 0 Å². The number of carboxylic acid groups (broad SMARTS) is 1. The Bertz CT molecular complexity index is 697. The van der Waals surface area contributed by atoms with E-state index in [9.17, 15) is 9.59 Å². The van der Waals surface area contributed by atoms with Crippen LogP contribution in [0.5, 0.6) is 0 Å². The monoisotopic (exact) mass is 331 g/mol. The predicted octanol–water partition coefficient (Wildman–Crippen LogP) is 1.32. The zero-order chi connectivity index (χ0) is 17.5. The summed E-state index contributed by atoms with van der Waals surface area (Å²) in [5, 5.41) is 15.8. The Hall–Kier alpha value is -2.67. The molecule has 1 unspecified atom stereocenters. The zero-order valence-corrected chi connectivity index (χ0v) is 13.7. The number of carbonyl (C=O) groups is 2. The molecular formula is C17H21N3O4. The molecule has 7 nitrogen and oxygen atoms in total. The molecule has 1 aromatic carbocycles. The Balaban J connectivity index is 2.10. The van der Waals surface area contributed by atoms with Crippen molar-refractivity contribution < 1.29 is 19.4 Å². The molecule has 1 atom stereocenters. The van der Waals surface area contributed by atoms with E-state index in [0.717, 1.165) is 11.3 Å². The Morgan fingerprint density at radius 3 is 2.62 bits per heavy atom. The van der Waals surface area contributed by atoms with Crippen LogP contribution in [0.1, 0.15) is 28.5 Å². The van der Waals surface area contributed by atoms with Gasteiger partial charge in [-0.25, -0.2) is 4.79 Å². The van der Waals surface area contributed by atoms with Crippen molar-refractivity contribution in [1.82, 2.24) is 15.1 Å². The van der Waals surface area contributed by atoms with Gasteiger partial charge in [-0.05, 0) is 12.0 Å². The highest BCUT2D eigenvalue weighted by Gasteiger charge is 2.20. The van der Waals surface area contributed by atoms with Gasteiger partial charge in [-0.2, -0.15) is 5.10 Å². The number of nitrogens with zero attached hydrogens (tertiary/aromatic N) is 2. The summed E-state index contributed by atoms with van der Waals surface area (Å²) in [7, 11) is 1.29. The Morgan fingerprint density at radius 2 is 2.04 bits per heavy atom. The zero-order valence-electron chi connectivity index (χ0n) is 13.7. The van der Waals surface area contributed by atoms with Crippen molar-refractivity contribution in [2.75, 3.05) is 13.7 Å². The summed E-state index contributed by atoms with van der Waals surface area (Å²) in [5.41, 5.74) is 2.35. The average molecular weight is 331 g/mol. The summed E-state index contributed by atoms with van der Waals surface area (Å²) in [6, 6.07) is 9.85. The highest BCUT2D eigenvalue weighted by Crippen LogP contribution is 2.12. The normalized spacial score (nSPS) is 11.9. The van der Waals surface area contributed by atoms with Gasteiger partial charge in [0.05, 0.1) is 30.5 Å². The maximum atomic E-state index is 12.3. The lowest BCUT2D eigenvalue weighted by molar-refractivity contribution is -0.148. The summed E-state index contributed by atoms with van der Waals surface area (Å²) in [6.07, 6.45) is 1.08. The fourth-order valence-electron chi connectivity index (χ4n) is 2.42. The number of methoxy groups -OCH3 is 1. The standard InChI is InChI=1S/C17H21N3O4/c1-3-14-13(16(21)18-10-15(24-2)17(22)23)9-19-20(14)11-12-7-5-4-6-8-12/h4-9,15H,3,10-11H2,1-2H3,(H,18,21)(H,22,23). The summed E-state index contributed by atoms with van der Waals surface area (Å²) in [6.45, 7) is 2.43. The first-order valence-corrected chi connectivity index (χ1v) is 7.69. The van der Waals surface area contributed by atoms with Crippen LogP contribution in [-0.4, -0.2) is 46.5 Å². The second-order valence-corrected chi connectivity index (χ2v) is 5.27. The molecule has 0 fully saturated rings. The highest BCUT2D eigenvalue weighted by molar-refractivity contribution is 5.95. The molecule has 24 heavy (non-hydrogen) atoms. The predicted molar refractivity (Wildman–Crippen MR) is 87.9 cm³/mol. The van der Waals surface area contributed by atoms with Crippen molar-refractivity contribution >= 4 is 11.9 Å². The summed E-state index contributed by atoms with van der Waals surface area (Å²) < 4.78 is 6.59. The van der Waals surface area contributed by atoms with Gasteiger partial charge in [-0.3, -0.25) is 9.48 Å². The lowest BCUT2D eigenvalue weighted by atomic mass is 10.1. The minimum Gasteiger partial charge on any atom is -0.479 e. The highest BCUT2D eigenvalue weighted by atomic mass is 16.5. The van der Waals surface area contributed by atoms with E-state index in [2.05, 4.69) is 10.4 Å². The quantitative estimate of drug-likeness (QED) is 0.761. The molecule has 0 radical (unpaired) electrons. The average Bonchev–Trinajstić information content (AvgIpc) is 2.98. The molecule has 0 aliphatic carbocycles. The first-order valence-electron chi connectivity index (χ1n) is 7.69. The number of benzene rings is 1. The molecule has 128 valence electrons. The lowest BCUT2D eigenvalue weighted by Crippen LogP contribution is -2.38. The first-order chi connectivity index (χ1) is 11.6.